The van der Waals surface area contributed by atoms with Gasteiger partial charge in [-0.15, -0.1) is 0 Å². The van der Waals surface area contributed by atoms with Gasteiger partial charge in [-0.1, -0.05) is 30.3 Å². The van der Waals surface area contributed by atoms with Crippen LogP contribution in [0.25, 0.3) is 0 Å². The predicted octanol–water partition coefficient (Wildman–Crippen LogP) is 4.21. The predicted molar refractivity (Wildman–Crippen MR) is 122 cm³/mol. The van der Waals surface area contributed by atoms with E-state index in [0.29, 0.717) is 17.0 Å². The van der Waals surface area contributed by atoms with Crippen molar-refractivity contribution >= 4 is 16.0 Å². The molecule has 1 aromatic heterocycles. The van der Waals surface area contributed by atoms with Crippen LogP contribution in [0.3, 0.4) is 0 Å². The lowest BCUT2D eigenvalue weighted by Crippen LogP contribution is -2.30. The van der Waals surface area contributed by atoms with Crippen LogP contribution >= 0.6 is 0 Å². The fourth-order valence-corrected chi connectivity index (χ4v) is 4.92. The molecule has 170 valence electrons. The van der Waals surface area contributed by atoms with Gasteiger partial charge in [-0.25, -0.2) is 13.2 Å². The Morgan fingerprint density at radius 2 is 1.66 bits per heavy atom. The Morgan fingerprint density at radius 3 is 2.25 bits per heavy atom. The molecule has 3 aromatic rings. The van der Waals surface area contributed by atoms with E-state index in [2.05, 4.69) is 4.98 Å². The molecule has 2 aromatic carbocycles. The van der Waals surface area contributed by atoms with Crippen LogP contribution in [0.5, 0.6) is 5.75 Å². The summed E-state index contributed by atoms with van der Waals surface area (Å²) in [4.78, 5) is 15.5. The summed E-state index contributed by atoms with van der Waals surface area (Å²) in [6.45, 7) is 5.92. The third kappa shape index (κ3) is 5.03. The molecule has 0 radical (unpaired) electrons. The second-order valence-corrected chi connectivity index (χ2v) is 9.32. The number of rotatable bonds is 9. The Balaban J connectivity index is 2.01. The van der Waals surface area contributed by atoms with E-state index in [4.69, 9.17) is 9.47 Å². The van der Waals surface area contributed by atoms with Crippen LogP contribution in [0.1, 0.15) is 39.8 Å². The Labute approximate surface area is 189 Å². The van der Waals surface area contributed by atoms with Crippen LogP contribution < -0.4 is 4.74 Å². The number of hydrogen-bond acceptors (Lipinski definition) is 5. The summed E-state index contributed by atoms with van der Waals surface area (Å²) in [5.41, 5.74) is 3.38. The minimum atomic E-state index is -3.83. The molecule has 0 unspecified atom stereocenters. The molecule has 8 heteroatoms. The zero-order chi connectivity index (χ0) is 23.3. The average Bonchev–Trinajstić information content (AvgIpc) is 3.08. The van der Waals surface area contributed by atoms with Crippen molar-refractivity contribution in [2.75, 3.05) is 13.7 Å². The molecule has 1 heterocycles. The quantitative estimate of drug-likeness (QED) is 0.487. The fraction of sp³-hybridized carbons (Fsp3) is 0.292. The summed E-state index contributed by atoms with van der Waals surface area (Å²) in [7, 11) is -2.30. The highest BCUT2D eigenvalue weighted by atomic mass is 32.2. The van der Waals surface area contributed by atoms with Crippen molar-refractivity contribution in [3.05, 3.63) is 82.7 Å². The van der Waals surface area contributed by atoms with Gasteiger partial charge in [-0.05, 0) is 61.7 Å². The van der Waals surface area contributed by atoms with Crippen molar-refractivity contribution < 1.29 is 22.7 Å². The van der Waals surface area contributed by atoms with Gasteiger partial charge in [0.05, 0.1) is 18.6 Å². The minimum Gasteiger partial charge on any atom is -0.497 e. The molecule has 0 amide bonds. The normalized spacial score (nSPS) is 11.5. The number of ether oxygens (including phenoxy) is 2. The first-order chi connectivity index (χ1) is 15.3. The van der Waals surface area contributed by atoms with Crippen LogP contribution in [0, 0.1) is 13.8 Å². The molecule has 7 nitrogen and oxygen atoms in total. The lowest BCUT2D eigenvalue weighted by Gasteiger charge is -2.23. The lowest BCUT2D eigenvalue weighted by atomic mass is 10.1. The third-order valence-corrected chi connectivity index (χ3v) is 7.11. The number of benzene rings is 2. The first-order valence-corrected chi connectivity index (χ1v) is 11.7. The molecule has 0 aliphatic heterocycles. The highest BCUT2D eigenvalue weighted by molar-refractivity contribution is 7.89. The highest BCUT2D eigenvalue weighted by Crippen LogP contribution is 2.27. The Hall–Kier alpha value is -3.10. The average molecular weight is 457 g/mol. The van der Waals surface area contributed by atoms with Crippen molar-refractivity contribution in [3.63, 3.8) is 0 Å². The number of nitrogens with zero attached hydrogens (tertiary/aromatic N) is 1. The Kier molecular flexibility index (Phi) is 7.37. The third-order valence-electron chi connectivity index (χ3n) is 5.31. The monoisotopic (exact) mass is 456 g/mol. The highest BCUT2D eigenvalue weighted by Gasteiger charge is 2.28. The molecule has 3 rings (SSSR count). The van der Waals surface area contributed by atoms with Gasteiger partial charge in [0, 0.05) is 18.8 Å². The zero-order valence-corrected chi connectivity index (χ0v) is 19.5. The number of esters is 1. The number of aromatic amines is 1. The van der Waals surface area contributed by atoms with Crippen molar-refractivity contribution in [1.29, 1.82) is 0 Å². The molecule has 0 saturated heterocycles. The van der Waals surface area contributed by atoms with Gasteiger partial charge in [-0.3, -0.25) is 0 Å². The number of H-pyrrole nitrogens is 1. The van der Waals surface area contributed by atoms with Crippen molar-refractivity contribution in [2.45, 2.75) is 38.8 Å². The molecule has 0 spiro atoms. The number of methoxy groups -OCH3 is 1. The lowest BCUT2D eigenvalue weighted by molar-refractivity contribution is 0.0519. The number of sulfonamides is 1. The van der Waals surface area contributed by atoms with Crippen LogP contribution in [0.15, 0.2) is 59.5 Å². The number of aryl methyl sites for hydroxylation is 1. The maximum absolute atomic E-state index is 13.6. The topological polar surface area (TPSA) is 88.7 Å². The van der Waals surface area contributed by atoms with E-state index in [-0.39, 0.29) is 24.6 Å². The summed E-state index contributed by atoms with van der Waals surface area (Å²) >= 11 is 0. The van der Waals surface area contributed by atoms with E-state index >= 15 is 0 Å². The van der Waals surface area contributed by atoms with E-state index in [1.165, 1.54) is 23.5 Å². The second-order valence-electron chi connectivity index (χ2n) is 7.38. The molecule has 0 aliphatic rings. The van der Waals surface area contributed by atoms with Gasteiger partial charge in [-0.2, -0.15) is 4.31 Å². The fourth-order valence-electron chi connectivity index (χ4n) is 3.52. The minimum absolute atomic E-state index is 0.108. The maximum Gasteiger partial charge on any atom is 0.355 e. The molecule has 0 atom stereocenters. The van der Waals surface area contributed by atoms with Crippen molar-refractivity contribution in [3.8, 4) is 5.75 Å². The summed E-state index contributed by atoms with van der Waals surface area (Å²) in [5.74, 6) is 0.127. The number of aromatic nitrogens is 1. The molecule has 0 saturated carbocycles. The standard InChI is InChI=1S/C24H28N2O5S/c1-5-31-24(27)23-17(2)22(18(3)25-23)16-26(15-19-9-7-6-8-10-19)32(28,29)21-13-11-20(30-4)12-14-21/h6-14,25H,5,15-16H2,1-4H3. The van der Waals surface area contributed by atoms with E-state index in [0.717, 1.165) is 16.8 Å². The SMILES string of the molecule is CCOC(=O)c1[nH]c(C)c(CN(Cc2ccccc2)S(=O)(=O)c2ccc(OC)cc2)c1C. The molecule has 0 bridgehead atoms. The summed E-state index contributed by atoms with van der Waals surface area (Å²) in [6.07, 6.45) is 0. The Morgan fingerprint density at radius 1 is 1.00 bits per heavy atom. The van der Waals surface area contributed by atoms with Crippen molar-refractivity contribution in [1.82, 2.24) is 9.29 Å². The summed E-state index contributed by atoms with van der Waals surface area (Å²) in [6, 6.07) is 15.7. The molecular formula is C24H28N2O5S. The summed E-state index contributed by atoms with van der Waals surface area (Å²) < 4.78 is 38.9. The summed E-state index contributed by atoms with van der Waals surface area (Å²) in [5, 5.41) is 0. The van der Waals surface area contributed by atoms with Crippen LogP contribution in [0.2, 0.25) is 0 Å². The maximum atomic E-state index is 13.6. The smallest absolute Gasteiger partial charge is 0.355 e. The zero-order valence-electron chi connectivity index (χ0n) is 18.7. The molecule has 0 aliphatic carbocycles. The first-order valence-electron chi connectivity index (χ1n) is 10.3. The van der Waals surface area contributed by atoms with E-state index in [1.807, 2.05) is 37.3 Å². The van der Waals surface area contributed by atoms with Crippen LogP contribution in [0.4, 0.5) is 0 Å². The number of hydrogen-bond donors (Lipinski definition) is 1. The van der Waals surface area contributed by atoms with E-state index in [9.17, 15) is 13.2 Å². The van der Waals surface area contributed by atoms with Crippen molar-refractivity contribution in [2.24, 2.45) is 0 Å². The van der Waals surface area contributed by atoms with Gasteiger partial charge in [0.15, 0.2) is 0 Å². The van der Waals surface area contributed by atoms with Gasteiger partial charge >= 0.3 is 5.97 Å². The van der Waals surface area contributed by atoms with E-state index < -0.39 is 16.0 Å². The first kappa shape index (κ1) is 23.6. The van der Waals surface area contributed by atoms with Crippen LogP contribution in [-0.2, 0) is 27.8 Å². The number of nitrogens with one attached hydrogen (secondary N) is 1. The number of carbonyl (C=O) groups is 1. The van der Waals surface area contributed by atoms with Gasteiger partial charge in [0.25, 0.3) is 0 Å². The van der Waals surface area contributed by atoms with Gasteiger partial charge in [0.1, 0.15) is 11.4 Å². The van der Waals surface area contributed by atoms with Gasteiger partial charge < -0.3 is 14.5 Å². The van der Waals surface area contributed by atoms with Crippen LogP contribution in [-0.4, -0.2) is 37.4 Å². The van der Waals surface area contributed by atoms with Gasteiger partial charge in [0.2, 0.25) is 10.0 Å². The molecule has 32 heavy (non-hydrogen) atoms. The molecular weight excluding hydrogens is 428 g/mol. The van der Waals surface area contributed by atoms with E-state index in [1.54, 1.807) is 26.0 Å². The Bertz CT molecular complexity index is 1170. The largest absolute Gasteiger partial charge is 0.497 e. The number of carbonyl (C=O) groups excluding carboxylic acids is 1. The molecule has 0 fully saturated rings. The molecule has 1 N–H and O–H groups in total. The second kappa shape index (κ2) is 10.0.